The summed E-state index contributed by atoms with van der Waals surface area (Å²) in [7, 11) is 0. The number of hydrogen-bond donors (Lipinski definition) is 1. The van der Waals surface area contributed by atoms with Crippen molar-refractivity contribution in [2.45, 2.75) is 12.8 Å². The van der Waals surface area contributed by atoms with Gasteiger partial charge in [0.25, 0.3) is 5.91 Å². The van der Waals surface area contributed by atoms with Crippen LogP contribution >= 0.6 is 0 Å². The van der Waals surface area contributed by atoms with E-state index in [1.807, 2.05) is 6.07 Å². The van der Waals surface area contributed by atoms with Crippen molar-refractivity contribution in [1.29, 1.82) is 0 Å². The van der Waals surface area contributed by atoms with Gasteiger partial charge in [0, 0.05) is 23.9 Å². The number of nitrogens with zero attached hydrogens (tertiary/aromatic N) is 1. The van der Waals surface area contributed by atoms with Gasteiger partial charge >= 0.3 is 0 Å². The molecule has 0 radical (unpaired) electrons. The fraction of sp³-hybridized carbons (Fsp3) is 0.176. The summed E-state index contributed by atoms with van der Waals surface area (Å²) in [6.45, 7) is 0.622. The number of anilines is 1. The first-order valence-electron chi connectivity index (χ1n) is 7.11. The van der Waals surface area contributed by atoms with E-state index in [0.717, 1.165) is 24.1 Å². The largest absolute Gasteiger partial charge is 0.465 e. The maximum atomic E-state index is 12.4. The number of carbonyl (C=O) groups is 2. The Morgan fingerprint density at radius 2 is 2.09 bits per heavy atom. The number of carbonyl (C=O) groups excluding carboxylic acids is 2. The standard InChI is InChI=1S/C17H16N2O3/c18-17(21)14-5-1-7-15-13(14)6-2-10-19(15)16(20)9-8-12-4-3-11-22-12/h1,3-5,7-9,11H,2,6,10H2,(H2,18,21). The second-order valence-corrected chi connectivity index (χ2v) is 5.11. The molecule has 2 aromatic rings. The highest BCUT2D eigenvalue weighted by molar-refractivity contribution is 6.06. The van der Waals surface area contributed by atoms with Crippen LogP contribution in [-0.4, -0.2) is 18.4 Å². The molecule has 2 amide bonds. The molecule has 0 bridgehead atoms. The Morgan fingerprint density at radius 1 is 1.23 bits per heavy atom. The Balaban J connectivity index is 1.90. The maximum Gasteiger partial charge on any atom is 0.251 e. The third-order valence-corrected chi connectivity index (χ3v) is 3.72. The highest BCUT2D eigenvalue weighted by Crippen LogP contribution is 2.30. The maximum absolute atomic E-state index is 12.4. The van der Waals surface area contributed by atoms with Gasteiger partial charge in [-0.1, -0.05) is 6.07 Å². The predicted octanol–water partition coefficient (Wildman–Crippen LogP) is 2.37. The van der Waals surface area contributed by atoms with E-state index in [9.17, 15) is 9.59 Å². The Labute approximate surface area is 128 Å². The smallest absolute Gasteiger partial charge is 0.251 e. The van der Waals surface area contributed by atoms with Crippen molar-refractivity contribution < 1.29 is 14.0 Å². The predicted molar refractivity (Wildman–Crippen MR) is 83.4 cm³/mol. The summed E-state index contributed by atoms with van der Waals surface area (Å²) < 4.78 is 5.17. The molecule has 0 saturated heterocycles. The number of fused-ring (bicyclic) bond motifs is 1. The van der Waals surface area contributed by atoms with E-state index in [2.05, 4.69) is 0 Å². The molecule has 0 fully saturated rings. The number of benzene rings is 1. The van der Waals surface area contributed by atoms with Crippen molar-refractivity contribution in [2.24, 2.45) is 5.73 Å². The minimum atomic E-state index is -0.461. The molecular formula is C17H16N2O3. The van der Waals surface area contributed by atoms with Gasteiger partial charge in [0.2, 0.25) is 5.91 Å². The lowest BCUT2D eigenvalue weighted by Crippen LogP contribution is -2.35. The zero-order valence-electron chi connectivity index (χ0n) is 12.0. The first-order valence-corrected chi connectivity index (χ1v) is 7.11. The summed E-state index contributed by atoms with van der Waals surface area (Å²) in [6.07, 6.45) is 6.22. The van der Waals surface area contributed by atoms with E-state index < -0.39 is 5.91 Å². The molecule has 1 aliphatic heterocycles. The van der Waals surface area contributed by atoms with Gasteiger partial charge in [0.05, 0.1) is 6.26 Å². The SMILES string of the molecule is NC(=O)c1cccc2c1CCCN2C(=O)C=Cc1ccco1. The molecule has 2 heterocycles. The van der Waals surface area contributed by atoms with E-state index in [4.69, 9.17) is 10.2 Å². The molecule has 1 aromatic carbocycles. The molecule has 22 heavy (non-hydrogen) atoms. The van der Waals surface area contributed by atoms with Crippen molar-refractivity contribution >= 4 is 23.6 Å². The Hall–Kier alpha value is -2.82. The van der Waals surface area contributed by atoms with Crippen LogP contribution in [0.1, 0.15) is 28.1 Å². The van der Waals surface area contributed by atoms with Crippen LogP contribution in [-0.2, 0) is 11.2 Å². The average Bonchev–Trinajstić information content (AvgIpc) is 3.04. The zero-order chi connectivity index (χ0) is 15.5. The van der Waals surface area contributed by atoms with Gasteiger partial charge < -0.3 is 15.1 Å². The summed E-state index contributed by atoms with van der Waals surface area (Å²) in [5.41, 5.74) is 7.51. The van der Waals surface area contributed by atoms with Gasteiger partial charge in [0.15, 0.2) is 0 Å². The summed E-state index contributed by atoms with van der Waals surface area (Å²) in [5, 5.41) is 0. The van der Waals surface area contributed by atoms with Gasteiger partial charge in [0.1, 0.15) is 5.76 Å². The summed E-state index contributed by atoms with van der Waals surface area (Å²) in [4.78, 5) is 25.6. The molecule has 112 valence electrons. The van der Waals surface area contributed by atoms with E-state index >= 15 is 0 Å². The van der Waals surface area contributed by atoms with Crippen molar-refractivity contribution in [3.8, 4) is 0 Å². The Bertz CT molecular complexity index is 732. The Morgan fingerprint density at radius 3 is 2.82 bits per heavy atom. The highest BCUT2D eigenvalue weighted by Gasteiger charge is 2.24. The number of rotatable bonds is 3. The van der Waals surface area contributed by atoms with Crippen molar-refractivity contribution in [3.05, 3.63) is 59.6 Å². The zero-order valence-corrected chi connectivity index (χ0v) is 12.0. The summed E-state index contributed by atoms with van der Waals surface area (Å²) in [6, 6.07) is 8.84. The second-order valence-electron chi connectivity index (χ2n) is 5.11. The van der Waals surface area contributed by atoms with Gasteiger partial charge in [-0.05, 0) is 48.7 Å². The molecule has 1 aliphatic rings. The van der Waals surface area contributed by atoms with Crippen LogP contribution in [0.5, 0.6) is 0 Å². The molecular weight excluding hydrogens is 280 g/mol. The fourth-order valence-electron chi connectivity index (χ4n) is 2.71. The van der Waals surface area contributed by atoms with Crippen molar-refractivity contribution in [1.82, 2.24) is 0 Å². The van der Waals surface area contributed by atoms with Crippen LogP contribution in [0.2, 0.25) is 0 Å². The third-order valence-electron chi connectivity index (χ3n) is 3.72. The minimum absolute atomic E-state index is 0.140. The van der Waals surface area contributed by atoms with Crippen LogP contribution in [0, 0.1) is 0 Å². The van der Waals surface area contributed by atoms with Gasteiger partial charge in [-0.15, -0.1) is 0 Å². The van der Waals surface area contributed by atoms with Crippen LogP contribution in [0.4, 0.5) is 5.69 Å². The van der Waals surface area contributed by atoms with Gasteiger partial charge in [-0.3, -0.25) is 9.59 Å². The molecule has 3 rings (SSSR count). The number of amides is 2. The van der Waals surface area contributed by atoms with Crippen molar-refractivity contribution in [3.63, 3.8) is 0 Å². The molecule has 5 nitrogen and oxygen atoms in total. The highest BCUT2D eigenvalue weighted by atomic mass is 16.3. The lowest BCUT2D eigenvalue weighted by Gasteiger charge is -2.29. The summed E-state index contributed by atoms with van der Waals surface area (Å²) in [5.74, 6) is 0.0210. The quantitative estimate of drug-likeness (QED) is 0.883. The first-order chi connectivity index (χ1) is 10.7. The molecule has 0 saturated carbocycles. The second kappa shape index (κ2) is 5.89. The molecule has 0 atom stereocenters. The summed E-state index contributed by atoms with van der Waals surface area (Å²) >= 11 is 0. The average molecular weight is 296 g/mol. The Kier molecular flexibility index (Phi) is 3.78. The minimum Gasteiger partial charge on any atom is -0.465 e. The monoisotopic (exact) mass is 296 g/mol. The van der Waals surface area contributed by atoms with Crippen LogP contribution in [0.25, 0.3) is 6.08 Å². The van der Waals surface area contributed by atoms with E-state index in [-0.39, 0.29) is 5.91 Å². The van der Waals surface area contributed by atoms with Crippen molar-refractivity contribution in [2.75, 3.05) is 11.4 Å². The molecule has 0 spiro atoms. The fourth-order valence-corrected chi connectivity index (χ4v) is 2.71. The van der Waals surface area contributed by atoms with Crippen LogP contribution in [0.3, 0.4) is 0 Å². The molecule has 5 heteroatoms. The third kappa shape index (κ3) is 2.65. The number of primary amides is 1. The van der Waals surface area contributed by atoms with E-state index in [1.165, 1.54) is 6.08 Å². The topological polar surface area (TPSA) is 76.5 Å². The van der Waals surface area contributed by atoms with Gasteiger partial charge in [-0.25, -0.2) is 0 Å². The molecule has 0 aliphatic carbocycles. The number of furan rings is 1. The van der Waals surface area contributed by atoms with Gasteiger partial charge in [-0.2, -0.15) is 0 Å². The van der Waals surface area contributed by atoms with E-state index in [0.29, 0.717) is 17.9 Å². The number of hydrogen-bond acceptors (Lipinski definition) is 3. The molecule has 2 N–H and O–H groups in total. The normalized spacial score (nSPS) is 14.1. The lowest BCUT2D eigenvalue weighted by molar-refractivity contribution is -0.114. The first kappa shape index (κ1) is 14.1. The number of nitrogens with two attached hydrogens (primary N) is 1. The molecule has 1 aromatic heterocycles. The van der Waals surface area contributed by atoms with Crippen LogP contribution in [0.15, 0.2) is 47.1 Å². The molecule has 0 unspecified atom stereocenters. The van der Waals surface area contributed by atoms with Crippen LogP contribution < -0.4 is 10.6 Å². The van der Waals surface area contributed by atoms with E-state index in [1.54, 1.807) is 41.5 Å². The lowest BCUT2D eigenvalue weighted by atomic mass is 9.96.